The fourth-order valence-electron chi connectivity index (χ4n) is 5.69. The molecule has 39 heavy (non-hydrogen) atoms. The van der Waals surface area contributed by atoms with Gasteiger partial charge in [0.05, 0.1) is 17.8 Å². The van der Waals surface area contributed by atoms with Gasteiger partial charge in [-0.15, -0.1) is 0 Å². The maximum Gasteiger partial charge on any atom is 0.224 e. The van der Waals surface area contributed by atoms with Crippen LogP contribution in [0.3, 0.4) is 0 Å². The summed E-state index contributed by atoms with van der Waals surface area (Å²) in [5, 5.41) is 7.22. The monoisotopic (exact) mass is 537 g/mol. The molecule has 1 saturated heterocycles. The lowest BCUT2D eigenvalue weighted by atomic mass is 9.96. The second-order valence-electron chi connectivity index (χ2n) is 10.4. The molecule has 2 atom stereocenters. The van der Waals surface area contributed by atoms with Gasteiger partial charge in [-0.05, 0) is 118 Å². The summed E-state index contributed by atoms with van der Waals surface area (Å²) in [6, 6.07) is 20.8. The maximum absolute atomic E-state index is 12.0. The van der Waals surface area contributed by atoms with Crippen LogP contribution in [-0.2, 0) is 4.79 Å². The van der Waals surface area contributed by atoms with Gasteiger partial charge in [-0.3, -0.25) is 9.78 Å². The smallest absolute Gasteiger partial charge is 0.224 e. The molecule has 0 unspecified atom stereocenters. The Morgan fingerprint density at radius 2 is 1.72 bits per heavy atom. The number of nitrogens with zero attached hydrogens (tertiary/aromatic N) is 3. The minimum atomic E-state index is -0.133. The SMILES string of the molecule is CCC(=O)Nc1ccc(N2C(=S)N[C@@H](c3ccccn3)[C@H]2c2cc(C)n(-c3cc(C)cc(C)c3)c2C)cc1C. The first-order chi connectivity index (χ1) is 18.7. The van der Waals surface area contributed by atoms with E-state index in [2.05, 4.69) is 84.2 Å². The van der Waals surface area contributed by atoms with E-state index in [0.29, 0.717) is 11.5 Å². The lowest BCUT2D eigenvalue weighted by Gasteiger charge is -2.29. The Morgan fingerprint density at radius 3 is 2.36 bits per heavy atom. The quantitative estimate of drug-likeness (QED) is 0.261. The van der Waals surface area contributed by atoms with Crippen LogP contribution in [0, 0.1) is 34.6 Å². The molecule has 2 N–H and O–H groups in total. The molecule has 1 amide bonds. The van der Waals surface area contributed by atoms with Crippen LogP contribution in [0.1, 0.15) is 64.8 Å². The van der Waals surface area contributed by atoms with Gasteiger partial charge >= 0.3 is 0 Å². The van der Waals surface area contributed by atoms with Crippen molar-refractivity contribution in [3.05, 3.63) is 106 Å². The van der Waals surface area contributed by atoms with Crippen molar-refractivity contribution in [3.8, 4) is 5.69 Å². The molecule has 2 aromatic carbocycles. The summed E-state index contributed by atoms with van der Waals surface area (Å²) in [4.78, 5) is 18.9. The van der Waals surface area contributed by atoms with Gasteiger partial charge in [-0.2, -0.15) is 0 Å². The van der Waals surface area contributed by atoms with E-state index in [1.165, 1.54) is 28.1 Å². The highest BCUT2D eigenvalue weighted by molar-refractivity contribution is 7.80. The zero-order chi connectivity index (χ0) is 27.8. The molecule has 4 aromatic rings. The molecule has 0 radical (unpaired) electrons. The molecule has 1 aliphatic heterocycles. The lowest BCUT2D eigenvalue weighted by molar-refractivity contribution is -0.115. The number of thiocarbonyl (C=S) groups is 1. The van der Waals surface area contributed by atoms with Gasteiger partial charge in [0.25, 0.3) is 0 Å². The zero-order valence-electron chi connectivity index (χ0n) is 23.4. The normalized spacial score (nSPS) is 16.9. The van der Waals surface area contributed by atoms with Crippen molar-refractivity contribution < 1.29 is 4.79 Å². The second kappa shape index (κ2) is 10.7. The Kier molecular flexibility index (Phi) is 7.28. The van der Waals surface area contributed by atoms with Crippen molar-refractivity contribution in [1.82, 2.24) is 14.9 Å². The van der Waals surface area contributed by atoms with Crippen LogP contribution < -0.4 is 15.5 Å². The van der Waals surface area contributed by atoms with Gasteiger partial charge in [0, 0.05) is 41.1 Å². The molecule has 0 aliphatic carbocycles. The molecular formula is C32H35N5OS. The van der Waals surface area contributed by atoms with E-state index in [0.717, 1.165) is 28.3 Å². The topological polar surface area (TPSA) is 62.2 Å². The number of anilines is 2. The summed E-state index contributed by atoms with van der Waals surface area (Å²) in [7, 11) is 0. The van der Waals surface area contributed by atoms with Crippen LogP contribution in [0.15, 0.2) is 66.9 Å². The minimum Gasteiger partial charge on any atom is -0.351 e. The van der Waals surface area contributed by atoms with Crippen LogP contribution in [0.5, 0.6) is 0 Å². The van der Waals surface area contributed by atoms with Gasteiger partial charge in [0.1, 0.15) is 0 Å². The summed E-state index contributed by atoms with van der Waals surface area (Å²) in [5.41, 5.74) is 10.9. The van der Waals surface area contributed by atoms with Crippen LogP contribution in [-0.4, -0.2) is 20.6 Å². The predicted octanol–water partition coefficient (Wildman–Crippen LogP) is 6.94. The average Bonchev–Trinajstić information content (AvgIpc) is 3.39. The Labute approximate surface area is 236 Å². The molecule has 0 saturated carbocycles. The number of carbonyl (C=O) groups is 1. The number of hydrogen-bond acceptors (Lipinski definition) is 3. The van der Waals surface area contributed by atoms with Crippen molar-refractivity contribution in [2.75, 3.05) is 10.2 Å². The number of carbonyl (C=O) groups excluding carboxylic acids is 1. The Bertz CT molecular complexity index is 1540. The molecule has 0 bridgehead atoms. The van der Waals surface area contributed by atoms with Crippen molar-refractivity contribution in [3.63, 3.8) is 0 Å². The van der Waals surface area contributed by atoms with Gasteiger partial charge in [0.2, 0.25) is 5.91 Å². The third-order valence-electron chi connectivity index (χ3n) is 7.44. The van der Waals surface area contributed by atoms with Crippen molar-refractivity contribution >= 4 is 34.6 Å². The number of hydrogen-bond donors (Lipinski definition) is 2. The average molecular weight is 538 g/mol. The van der Waals surface area contributed by atoms with Gasteiger partial charge in [-0.1, -0.05) is 19.1 Å². The Hall–Kier alpha value is -3.97. The minimum absolute atomic E-state index is 0.00359. The molecule has 200 valence electrons. The Morgan fingerprint density at radius 1 is 0.974 bits per heavy atom. The molecule has 5 rings (SSSR count). The summed E-state index contributed by atoms with van der Waals surface area (Å²) >= 11 is 5.96. The molecule has 2 aromatic heterocycles. The second-order valence-corrected chi connectivity index (χ2v) is 10.8. The van der Waals surface area contributed by atoms with Crippen LogP contribution in [0.4, 0.5) is 11.4 Å². The third-order valence-corrected chi connectivity index (χ3v) is 7.75. The highest BCUT2D eigenvalue weighted by atomic mass is 32.1. The number of nitrogens with one attached hydrogen (secondary N) is 2. The fraction of sp³-hybridized carbons (Fsp3) is 0.281. The number of aryl methyl sites for hydroxylation is 4. The largest absolute Gasteiger partial charge is 0.351 e. The first-order valence-corrected chi connectivity index (χ1v) is 13.8. The zero-order valence-corrected chi connectivity index (χ0v) is 24.2. The first kappa shape index (κ1) is 26.6. The highest BCUT2D eigenvalue weighted by Gasteiger charge is 2.42. The molecule has 1 aliphatic rings. The number of benzene rings is 2. The van der Waals surface area contributed by atoms with E-state index in [1.54, 1.807) is 0 Å². The van der Waals surface area contributed by atoms with Crippen molar-refractivity contribution in [2.45, 2.75) is 60.0 Å². The molecule has 6 nitrogen and oxygen atoms in total. The van der Waals surface area contributed by atoms with E-state index >= 15 is 0 Å². The third kappa shape index (κ3) is 5.06. The van der Waals surface area contributed by atoms with E-state index < -0.39 is 0 Å². The van der Waals surface area contributed by atoms with Crippen molar-refractivity contribution in [1.29, 1.82) is 0 Å². The first-order valence-electron chi connectivity index (χ1n) is 13.4. The molecular weight excluding hydrogens is 502 g/mol. The molecule has 3 heterocycles. The summed E-state index contributed by atoms with van der Waals surface area (Å²) in [6.45, 7) is 12.5. The summed E-state index contributed by atoms with van der Waals surface area (Å²) in [6.07, 6.45) is 2.26. The Balaban J connectivity index is 1.64. The number of rotatable bonds is 6. The van der Waals surface area contributed by atoms with Crippen molar-refractivity contribution in [2.24, 2.45) is 0 Å². The van der Waals surface area contributed by atoms with Gasteiger partial charge in [0.15, 0.2) is 5.11 Å². The van der Waals surface area contributed by atoms with Gasteiger partial charge < -0.3 is 20.1 Å². The van der Waals surface area contributed by atoms with Crippen LogP contribution >= 0.6 is 12.2 Å². The van der Waals surface area contributed by atoms with Crippen LogP contribution in [0.2, 0.25) is 0 Å². The molecule has 1 fully saturated rings. The predicted molar refractivity (Wildman–Crippen MR) is 163 cm³/mol. The van der Waals surface area contributed by atoms with E-state index in [4.69, 9.17) is 17.2 Å². The number of aromatic nitrogens is 2. The van der Waals surface area contributed by atoms with Crippen LogP contribution in [0.25, 0.3) is 5.69 Å². The fourth-order valence-corrected chi connectivity index (χ4v) is 6.04. The van der Waals surface area contributed by atoms with E-state index in [-0.39, 0.29) is 18.0 Å². The lowest BCUT2D eigenvalue weighted by Crippen LogP contribution is -2.29. The standard InChI is InChI=1S/C32H35N5OS/c1-7-29(38)34-27-12-11-24(17-21(27)4)37-31(30(35-32(37)39)28-10-8-9-13-33-28)26-18-22(5)36(23(26)6)25-15-19(2)14-20(3)16-25/h8-18,30-31H,7H2,1-6H3,(H,34,38)(H,35,39)/t30-,31+/m0/s1. The van der Waals surface area contributed by atoms with E-state index in [9.17, 15) is 4.79 Å². The van der Waals surface area contributed by atoms with E-state index in [1.807, 2.05) is 44.3 Å². The maximum atomic E-state index is 12.0. The number of pyridine rings is 1. The number of amides is 1. The molecule has 0 spiro atoms. The summed E-state index contributed by atoms with van der Waals surface area (Å²) < 4.78 is 2.33. The highest BCUT2D eigenvalue weighted by Crippen LogP contribution is 2.44. The van der Waals surface area contributed by atoms with Gasteiger partial charge in [-0.25, -0.2) is 0 Å². The summed E-state index contributed by atoms with van der Waals surface area (Å²) in [5.74, 6) is -0.00359. The molecule has 7 heteroatoms.